The number of ether oxygens (including phenoxy) is 1. The van der Waals surface area contributed by atoms with Crippen molar-refractivity contribution in [3.8, 4) is 5.75 Å². The fourth-order valence-electron chi connectivity index (χ4n) is 4.40. The predicted octanol–water partition coefficient (Wildman–Crippen LogP) is 5.88. The lowest BCUT2D eigenvalue weighted by atomic mass is 10.1. The molecule has 0 heterocycles. The van der Waals surface area contributed by atoms with Crippen LogP contribution in [-0.4, -0.2) is 50.4 Å². The minimum atomic E-state index is -4.18. The van der Waals surface area contributed by atoms with Crippen LogP contribution >= 0.6 is 11.6 Å². The normalized spacial score (nSPS) is 12.4. The number of aryl methyl sites for hydroxylation is 2. The van der Waals surface area contributed by atoms with Crippen molar-refractivity contribution in [2.24, 2.45) is 0 Å². The molecular weight excluding hydrogens is 574 g/mol. The number of hydrogen-bond donors (Lipinski definition) is 1. The van der Waals surface area contributed by atoms with Crippen LogP contribution in [0.5, 0.6) is 5.75 Å². The Hall–Kier alpha value is -3.56. The van der Waals surface area contributed by atoms with Crippen LogP contribution in [-0.2, 0) is 26.2 Å². The van der Waals surface area contributed by atoms with E-state index in [-0.39, 0.29) is 23.0 Å². The molecule has 3 rings (SSSR count). The minimum Gasteiger partial charge on any atom is -0.497 e. The van der Waals surface area contributed by atoms with Crippen molar-refractivity contribution in [3.63, 3.8) is 0 Å². The van der Waals surface area contributed by atoms with E-state index in [9.17, 15) is 18.0 Å². The van der Waals surface area contributed by atoms with Gasteiger partial charge in [-0.25, -0.2) is 8.42 Å². The maximum atomic E-state index is 14.2. The lowest BCUT2D eigenvalue weighted by molar-refractivity contribution is -0.141. The molecule has 0 fully saturated rings. The summed E-state index contributed by atoms with van der Waals surface area (Å²) in [7, 11) is -2.62. The number of carbonyl (C=O) groups is 2. The molecule has 0 spiro atoms. The molecule has 0 saturated carbocycles. The van der Waals surface area contributed by atoms with Gasteiger partial charge in [-0.2, -0.15) is 0 Å². The molecule has 0 unspecified atom stereocenters. The molecule has 0 aliphatic carbocycles. The summed E-state index contributed by atoms with van der Waals surface area (Å²) in [5.74, 6) is -0.201. The third kappa shape index (κ3) is 8.26. The summed E-state index contributed by atoms with van der Waals surface area (Å²) in [4.78, 5) is 29.1. The number of amides is 2. The van der Waals surface area contributed by atoms with Crippen molar-refractivity contribution < 1.29 is 22.7 Å². The highest BCUT2D eigenvalue weighted by atomic mass is 35.5. The van der Waals surface area contributed by atoms with Crippen LogP contribution in [0.15, 0.2) is 71.6 Å². The van der Waals surface area contributed by atoms with Crippen molar-refractivity contribution in [1.29, 1.82) is 0 Å². The Morgan fingerprint density at radius 3 is 2.12 bits per heavy atom. The monoisotopic (exact) mass is 613 g/mol. The predicted molar refractivity (Wildman–Crippen MR) is 167 cm³/mol. The average molecular weight is 614 g/mol. The van der Waals surface area contributed by atoms with Gasteiger partial charge in [-0.1, -0.05) is 54.4 Å². The summed E-state index contributed by atoms with van der Waals surface area (Å²) in [5, 5.41) is 3.34. The number of halogens is 1. The third-order valence-corrected chi connectivity index (χ3v) is 8.92. The first-order valence-corrected chi connectivity index (χ1v) is 15.6. The molecule has 42 heavy (non-hydrogen) atoms. The van der Waals surface area contributed by atoms with E-state index in [2.05, 4.69) is 5.32 Å². The molecule has 8 nitrogen and oxygen atoms in total. The zero-order valence-corrected chi connectivity index (χ0v) is 26.8. The van der Waals surface area contributed by atoms with E-state index in [0.717, 1.165) is 21.0 Å². The Morgan fingerprint density at radius 2 is 1.60 bits per heavy atom. The topological polar surface area (TPSA) is 96.0 Å². The molecular formula is C32H40ClN3O5S. The summed E-state index contributed by atoms with van der Waals surface area (Å²) < 4.78 is 34.3. The van der Waals surface area contributed by atoms with Crippen LogP contribution in [0.25, 0.3) is 0 Å². The third-order valence-electron chi connectivity index (χ3n) is 6.73. The minimum absolute atomic E-state index is 0.0387. The fraction of sp³-hybridized carbons (Fsp3) is 0.375. The molecule has 1 N–H and O–H groups in total. The first kappa shape index (κ1) is 32.9. The maximum Gasteiger partial charge on any atom is 0.264 e. The molecule has 0 bridgehead atoms. The van der Waals surface area contributed by atoms with Crippen LogP contribution in [0, 0.1) is 13.8 Å². The fourth-order valence-corrected chi connectivity index (χ4v) is 5.98. The largest absolute Gasteiger partial charge is 0.497 e. The van der Waals surface area contributed by atoms with Crippen LogP contribution in [0.4, 0.5) is 5.69 Å². The molecule has 0 aromatic heterocycles. The van der Waals surface area contributed by atoms with E-state index in [1.54, 1.807) is 43.5 Å². The van der Waals surface area contributed by atoms with Gasteiger partial charge in [0.25, 0.3) is 10.0 Å². The second kappa shape index (κ2) is 13.6. The van der Waals surface area contributed by atoms with Gasteiger partial charge in [0.2, 0.25) is 11.8 Å². The van der Waals surface area contributed by atoms with Crippen molar-refractivity contribution in [2.75, 3.05) is 18.0 Å². The summed E-state index contributed by atoms with van der Waals surface area (Å²) in [6.07, 6.45) is 0.324. The van der Waals surface area contributed by atoms with Crippen LogP contribution in [0.2, 0.25) is 5.02 Å². The van der Waals surface area contributed by atoms with Crippen molar-refractivity contribution >= 4 is 39.1 Å². The van der Waals surface area contributed by atoms with Gasteiger partial charge in [0, 0.05) is 17.1 Å². The van der Waals surface area contributed by atoms with E-state index >= 15 is 0 Å². The molecule has 0 radical (unpaired) electrons. The summed E-state index contributed by atoms with van der Waals surface area (Å²) in [6, 6.07) is 17.6. The summed E-state index contributed by atoms with van der Waals surface area (Å²) >= 11 is 6.40. The van der Waals surface area contributed by atoms with Gasteiger partial charge < -0.3 is 15.0 Å². The van der Waals surface area contributed by atoms with E-state index in [1.807, 2.05) is 53.7 Å². The van der Waals surface area contributed by atoms with Crippen LogP contribution < -0.4 is 14.4 Å². The SMILES string of the molecule is CC[C@H](C(=O)NC(C)(C)C)N(Cc1ccc(OC)cc1)C(=O)CN(c1ccc(C)c(Cl)c1)S(=O)(=O)c1ccc(C)cc1. The van der Waals surface area contributed by atoms with Gasteiger partial charge in [0.1, 0.15) is 18.3 Å². The Morgan fingerprint density at radius 1 is 0.976 bits per heavy atom. The van der Waals surface area contributed by atoms with Gasteiger partial charge in [0.15, 0.2) is 0 Å². The Bertz CT molecular complexity index is 1500. The Labute approximate surface area is 254 Å². The highest BCUT2D eigenvalue weighted by Crippen LogP contribution is 2.29. The van der Waals surface area contributed by atoms with Crippen molar-refractivity contribution in [1.82, 2.24) is 10.2 Å². The average Bonchev–Trinajstić information content (AvgIpc) is 2.92. The molecule has 226 valence electrons. The highest BCUT2D eigenvalue weighted by molar-refractivity contribution is 7.92. The number of nitrogens with one attached hydrogen (secondary N) is 1. The lowest BCUT2D eigenvalue weighted by Gasteiger charge is -2.35. The molecule has 0 aliphatic heterocycles. The highest BCUT2D eigenvalue weighted by Gasteiger charge is 2.34. The zero-order chi connectivity index (χ0) is 31.2. The van der Waals surface area contributed by atoms with Crippen molar-refractivity contribution in [2.45, 2.75) is 71.0 Å². The number of methoxy groups -OCH3 is 1. The van der Waals surface area contributed by atoms with Gasteiger partial charge in [-0.15, -0.1) is 0 Å². The van der Waals surface area contributed by atoms with Gasteiger partial charge in [-0.05, 0) is 88.6 Å². The number of nitrogens with zero attached hydrogens (tertiary/aromatic N) is 2. The van der Waals surface area contributed by atoms with E-state index < -0.39 is 34.1 Å². The standard InChI is InChI=1S/C32H40ClN3O5S/c1-8-29(31(38)34-32(4,5)6)35(20-24-12-15-26(41-7)16-13-24)30(37)21-36(25-14-11-23(3)28(33)19-25)42(39,40)27-17-9-22(2)10-18-27/h9-19,29H,8,20-21H2,1-7H3,(H,34,38)/t29-/m1/s1. The lowest BCUT2D eigenvalue weighted by Crippen LogP contribution is -2.55. The molecule has 3 aromatic carbocycles. The second-order valence-electron chi connectivity index (χ2n) is 11.3. The maximum absolute atomic E-state index is 14.2. The number of carbonyl (C=O) groups excluding carboxylic acids is 2. The molecule has 3 aromatic rings. The first-order valence-electron chi connectivity index (χ1n) is 13.8. The van der Waals surface area contributed by atoms with Crippen molar-refractivity contribution in [3.05, 3.63) is 88.4 Å². The van der Waals surface area contributed by atoms with Gasteiger partial charge >= 0.3 is 0 Å². The first-order chi connectivity index (χ1) is 19.7. The molecule has 0 saturated heterocycles. The number of rotatable bonds is 11. The van der Waals surface area contributed by atoms with E-state index in [4.69, 9.17) is 16.3 Å². The number of hydrogen-bond acceptors (Lipinski definition) is 5. The smallest absolute Gasteiger partial charge is 0.264 e. The summed E-state index contributed by atoms with van der Waals surface area (Å²) in [5.41, 5.74) is 2.15. The van der Waals surface area contributed by atoms with Gasteiger partial charge in [-0.3, -0.25) is 13.9 Å². The molecule has 2 amide bonds. The second-order valence-corrected chi connectivity index (χ2v) is 13.6. The van der Waals surface area contributed by atoms with E-state index in [0.29, 0.717) is 17.2 Å². The molecule has 10 heteroatoms. The quantitative estimate of drug-likeness (QED) is 0.291. The number of sulfonamides is 1. The zero-order valence-electron chi connectivity index (χ0n) is 25.3. The Kier molecular flexibility index (Phi) is 10.7. The summed E-state index contributed by atoms with van der Waals surface area (Å²) in [6.45, 7) is 10.6. The Balaban J connectivity index is 2.09. The van der Waals surface area contributed by atoms with Crippen LogP contribution in [0.1, 0.15) is 50.8 Å². The molecule has 1 atom stereocenters. The van der Waals surface area contributed by atoms with Gasteiger partial charge in [0.05, 0.1) is 17.7 Å². The number of anilines is 1. The molecule has 0 aliphatic rings. The van der Waals surface area contributed by atoms with E-state index in [1.165, 1.54) is 23.1 Å². The number of benzene rings is 3. The van der Waals surface area contributed by atoms with Crippen LogP contribution in [0.3, 0.4) is 0 Å².